The van der Waals surface area contributed by atoms with Gasteiger partial charge in [-0.3, -0.25) is 14.5 Å². The van der Waals surface area contributed by atoms with Crippen molar-refractivity contribution in [3.63, 3.8) is 0 Å². The first-order valence-electron chi connectivity index (χ1n) is 8.95. The Labute approximate surface area is 159 Å². The second-order valence-electron chi connectivity index (χ2n) is 6.69. The van der Waals surface area contributed by atoms with Gasteiger partial charge < -0.3 is 5.32 Å². The number of amides is 1. The Hall–Kier alpha value is -2.17. The Morgan fingerprint density at radius 2 is 1.65 bits per heavy atom. The van der Waals surface area contributed by atoms with Crippen molar-refractivity contribution in [3.8, 4) is 0 Å². The van der Waals surface area contributed by atoms with Crippen molar-refractivity contribution in [2.75, 3.05) is 18.4 Å². The molecule has 1 N–H and O–H groups in total. The van der Waals surface area contributed by atoms with E-state index in [1.807, 2.05) is 49.4 Å². The summed E-state index contributed by atoms with van der Waals surface area (Å²) >= 11 is 6.11. The van der Waals surface area contributed by atoms with Crippen molar-refractivity contribution in [2.45, 2.75) is 25.8 Å². The molecule has 1 aliphatic heterocycles. The molecule has 1 fully saturated rings. The molecule has 26 heavy (non-hydrogen) atoms. The van der Waals surface area contributed by atoms with E-state index in [9.17, 15) is 9.59 Å². The highest BCUT2D eigenvalue weighted by Gasteiger charge is 2.30. The molecule has 2 aromatic carbocycles. The topological polar surface area (TPSA) is 49.4 Å². The van der Waals surface area contributed by atoms with Gasteiger partial charge in [0.05, 0.1) is 16.8 Å². The van der Waals surface area contributed by atoms with Gasteiger partial charge in [-0.15, -0.1) is 0 Å². The van der Waals surface area contributed by atoms with E-state index in [0.29, 0.717) is 10.7 Å². The molecule has 0 spiro atoms. The maximum atomic E-state index is 12.6. The average Bonchev–Trinajstić information content (AvgIpc) is 2.69. The molecule has 136 valence electrons. The molecule has 1 heterocycles. The van der Waals surface area contributed by atoms with Gasteiger partial charge in [-0.05, 0) is 45.0 Å². The highest BCUT2D eigenvalue weighted by Crippen LogP contribution is 2.24. The number of Topliss-reactive ketones (excluding diaryl/α,β-unsaturated/α-hetero) is 1. The van der Waals surface area contributed by atoms with Crippen LogP contribution in [-0.4, -0.2) is 35.7 Å². The first-order valence-corrected chi connectivity index (χ1v) is 9.33. The van der Waals surface area contributed by atoms with Gasteiger partial charge in [0, 0.05) is 11.5 Å². The summed E-state index contributed by atoms with van der Waals surface area (Å²) in [6, 6.07) is 16.4. The molecule has 5 heteroatoms. The minimum atomic E-state index is -0.265. The SMILES string of the molecule is CC(C(=O)Nc1ccccc1Cl)N1CCC(C(=O)c2ccccc2)CC1. The van der Waals surface area contributed by atoms with Crippen molar-refractivity contribution < 1.29 is 9.59 Å². The predicted octanol–water partition coefficient (Wildman–Crippen LogP) is 4.26. The molecule has 1 saturated heterocycles. The van der Waals surface area contributed by atoms with Gasteiger partial charge in [0.25, 0.3) is 0 Å². The van der Waals surface area contributed by atoms with E-state index in [2.05, 4.69) is 10.2 Å². The number of nitrogens with zero attached hydrogens (tertiary/aromatic N) is 1. The van der Waals surface area contributed by atoms with Crippen LogP contribution >= 0.6 is 11.6 Å². The van der Waals surface area contributed by atoms with E-state index >= 15 is 0 Å². The summed E-state index contributed by atoms with van der Waals surface area (Å²) in [5, 5.41) is 3.42. The van der Waals surface area contributed by atoms with Crippen LogP contribution in [0.5, 0.6) is 0 Å². The van der Waals surface area contributed by atoms with Crippen molar-refractivity contribution in [3.05, 3.63) is 65.2 Å². The summed E-state index contributed by atoms with van der Waals surface area (Å²) < 4.78 is 0. The van der Waals surface area contributed by atoms with Crippen LogP contribution in [0.2, 0.25) is 5.02 Å². The molecule has 0 bridgehead atoms. The molecular formula is C21H23ClN2O2. The first-order chi connectivity index (χ1) is 12.6. The molecule has 2 aromatic rings. The fourth-order valence-electron chi connectivity index (χ4n) is 3.35. The molecule has 1 atom stereocenters. The van der Waals surface area contributed by atoms with E-state index in [0.717, 1.165) is 31.5 Å². The van der Waals surface area contributed by atoms with Crippen LogP contribution in [0.25, 0.3) is 0 Å². The number of halogens is 1. The van der Waals surface area contributed by atoms with Crippen molar-refractivity contribution in [2.24, 2.45) is 5.92 Å². The lowest BCUT2D eigenvalue weighted by atomic mass is 9.88. The van der Waals surface area contributed by atoms with Crippen molar-refractivity contribution >= 4 is 29.0 Å². The second-order valence-corrected chi connectivity index (χ2v) is 7.09. The smallest absolute Gasteiger partial charge is 0.241 e. The number of para-hydroxylation sites is 1. The quantitative estimate of drug-likeness (QED) is 0.800. The number of ketones is 1. The Morgan fingerprint density at radius 1 is 1.04 bits per heavy atom. The van der Waals surface area contributed by atoms with Gasteiger partial charge in [-0.2, -0.15) is 0 Å². The molecule has 1 aliphatic rings. The van der Waals surface area contributed by atoms with Crippen molar-refractivity contribution in [1.82, 2.24) is 4.90 Å². The number of hydrogen-bond donors (Lipinski definition) is 1. The molecule has 0 saturated carbocycles. The molecule has 3 rings (SSSR count). The zero-order valence-electron chi connectivity index (χ0n) is 14.8. The molecule has 1 unspecified atom stereocenters. The largest absolute Gasteiger partial charge is 0.323 e. The van der Waals surface area contributed by atoms with Gasteiger partial charge in [-0.1, -0.05) is 54.1 Å². The highest BCUT2D eigenvalue weighted by atomic mass is 35.5. The van der Waals surface area contributed by atoms with Gasteiger partial charge in [0.1, 0.15) is 0 Å². The summed E-state index contributed by atoms with van der Waals surface area (Å²) in [5.74, 6) is 0.164. The minimum absolute atomic E-state index is 0.0347. The van der Waals surface area contributed by atoms with Crippen LogP contribution in [-0.2, 0) is 4.79 Å². The minimum Gasteiger partial charge on any atom is -0.323 e. The van der Waals surface area contributed by atoms with Crippen LogP contribution in [0.1, 0.15) is 30.1 Å². The van der Waals surface area contributed by atoms with E-state index < -0.39 is 0 Å². The number of nitrogens with one attached hydrogen (secondary N) is 1. The summed E-state index contributed by atoms with van der Waals surface area (Å²) in [4.78, 5) is 27.2. The molecule has 0 aliphatic carbocycles. The van der Waals surface area contributed by atoms with E-state index in [-0.39, 0.29) is 23.7 Å². The third kappa shape index (κ3) is 4.32. The number of likely N-dealkylation sites (tertiary alicyclic amines) is 1. The summed E-state index contributed by atoms with van der Waals surface area (Å²) in [6.45, 7) is 3.37. The first kappa shape index (κ1) is 18.6. The lowest BCUT2D eigenvalue weighted by Gasteiger charge is -2.34. The third-order valence-corrected chi connectivity index (χ3v) is 5.35. The van der Waals surface area contributed by atoms with E-state index in [4.69, 9.17) is 11.6 Å². The molecule has 4 nitrogen and oxygen atoms in total. The molecular weight excluding hydrogens is 348 g/mol. The fraction of sp³-hybridized carbons (Fsp3) is 0.333. The van der Waals surface area contributed by atoms with Crippen LogP contribution < -0.4 is 5.32 Å². The molecule has 1 amide bonds. The number of anilines is 1. The number of carbonyl (C=O) groups excluding carboxylic acids is 2. The number of carbonyl (C=O) groups is 2. The molecule has 0 aromatic heterocycles. The number of piperidine rings is 1. The number of hydrogen-bond acceptors (Lipinski definition) is 3. The Balaban J connectivity index is 1.55. The Bertz CT molecular complexity index is 771. The van der Waals surface area contributed by atoms with E-state index in [1.165, 1.54) is 0 Å². The monoisotopic (exact) mass is 370 g/mol. The maximum absolute atomic E-state index is 12.6. The fourth-order valence-corrected chi connectivity index (χ4v) is 3.54. The van der Waals surface area contributed by atoms with Crippen LogP contribution in [0.15, 0.2) is 54.6 Å². The summed E-state index contributed by atoms with van der Waals surface area (Å²) in [7, 11) is 0. The number of benzene rings is 2. The van der Waals surface area contributed by atoms with Gasteiger partial charge in [-0.25, -0.2) is 0 Å². The zero-order chi connectivity index (χ0) is 18.5. The van der Waals surface area contributed by atoms with Crippen LogP contribution in [0.4, 0.5) is 5.69 Å². The van der Waals surface area contributed by atoms with Crippen LogP contribution in [0, 0.1) is 5.92 Å². The van der Waals surface area contributed by atoms with Gasteiger partial charge in [0.2, 0.25) is 5.91 Å². The summed E-state index contributed by atoms with van der Waals surface area (Å²) in [6.07, 6.45) is 1.55. The summed E-state index contributed by atoms with van der Waals surface area (Å²) in [5.41, 5.74) is 1.40. The van der Waals surface area contributed by atoms with Crippen LogP contribution in [0.3, 0.4) is 0 Å². The third-order valence-electron chi connectivity index (χ3n) is 5.02. The average molecular weight is 371 g/mol. The molecule has 0 radical (unpaired) electrons. The predicted molar refractivity (Wildman–Crippen MR) is 105 cm³/mol. The second kappa shape index (κ2) is 8.47. The van der Waals surface area contributed by atoms with E-state index in [1.54, 1.807) is 12.1 Å². The Kier molecular flexibility index (Phi) is 6.07. The van der Waals surface area contributed by atoms with Crippen molar-refractivity contribution in [1.29, 1.82) is 0 Å². The van der Waals surface area contributed by atoms with Gasteiger partial charge in [0.15, 0.2) is 5.78 Å². The number of rotatable bonds is 5. The highest BCUT2D eigenvalue weighted by molar-refractivity contribution is 6.33. The maximum Gasteiger partial charge on any atom is 0.241 e. The standard InChI is InChI=1S/C21H23ClN2O2/c1-15(21(26)23-19-10-6-5-9-18(19)22)24-13-11-17(12-14-24)20(25)16-7-3-2-4-8-16/h2-10,15,17H,11-14H2,1H3,(H,23,26). The normalized spacial score (nSPS) is 16.8. The lowest BCUT2D eigenvalue weighted by Crippen LogP contribution is -2.47. The van der Waals surface area contributed by atoms with Gasteiger partial charge >= 0.3 is 0 Å². The Morgan fingerprint density at radius 3 is 2.31 bits per heavy atom. The lowest BCUT2D eigenvalue weighted by molar-refractivity contribution is -0.121. The zero-order valence-corrected chi connectivity index (χ0v) is 15.6.